The van der Waals surface area contributed by atoms with Gasteiger partial charge in [-0.05, 0) is 43.7 Å². The van der Waals surface area contributed by atoms with Crippen LogP contribution in [0.2, 0.25) is 0 Å². The topological polar surface area (TPSA) is 68.2 Å². The van der Waals surface area contributed by atoms with Crippen LogP contribution in [0.15, 0.2) is 28.8 Å². The lowest BCUT2D eigenvalue weighted by molar-refractivity contribution is 0.157. The first-order valence-electron chi connectivity index (χ1n) is 8.09. The van der Waals surface area contributed by atoms with Gasteiger partial charge in [-0.3, -0.25) is 4.90 Å². The summed E-state index contributed by atoms with van der Waals surface area (Å²) in [5.74, 6) is 1.36. The molecule has 4 rings (SSSR count). The van der Waals surface area contributed by atoms with Crippen LogP contribution in [0, 0.1) is 0 Å². The van der Waals surface area contributed by atoms with E-state index >= 15 is 0 Å². The molecule has 2 aliphatic rings. The van der Waals surface area contributed by atoms with Gasteiger partial charge in [-0.25, -0.2) is 0 Å². The van der Waals surface area contributed by atoms with Crippen LogP contribution in [0.3, 0.4) is 0 Å². The molecule has 5 heteroatoms. The molecule has 1 unspecified atom stereocenters. The highest BCUT2D eigenvalue weighted by atomic mass is 16.5. The zero-order valence-corrected chi connectivity index (χ0v) is 13.0. The average molecular weight is 298 g/mol. The minimum Gasteiger partial charge on any atom is -0.338 e. The van der Waals surface area contributed by atoms with E-state index in [2.05, 4.69) is 46.2 Å². The third-order valence-electron chi connectivity index (χ3n) is 5.20. The van der Waals surface area contributed by atoms with Gasteiger partial charge < -0.3 is 10.3 Å². The molecular formula is C17H22N4O. The summed E-state index contributed by atoms with van der Waals surface area (Å²) in [5.41, 5.74) is 8.78. The fraction of sp³-hybridized carbons (Fsp3) is 0.529. The largest absolute Gasteiger partial charge is 0.338 e. The fourth-order valence-electron chi connectivity index (χ4n) is 3.39. The molecule has 1 aliphatic heterocycles. The van der Waals surface area contributed by atoms with Crippen LogP contribution >= 0.6 is 0 Å². The highest BCUT2D eigenvalue weighted by molar-refractivity contribution is 5.29. The van der Waals surface area contributed by atoms with Gasteiger partial charge in [0, 0.05) is 13.1 Å². The van der Waals surface area contributed by atoms with E-state index < -0.39 is 0 Å². The van der Waals surface area contributed by atoms with Crippen molar-refractivity contribution in [1.82, 2.24) is 15.0 Å². The fourth-order valence-corrected chi connectivity index (χ4v) is 3.39. The minimum absolute atomic E-state index is 0.123. The Balaban J connectivity index is 1.52. The van der Waals surface area contributed by atoms with E-state index in [0.29, 0.717) is 11.7 Å². The second kappa shape index (κ2) is 5.18. The summed E-state index contributed by atoms with van der Waals surface area (Å²) in [7, 11) is 0. The second-order valence-electron chi connectivity index (χ2n) is 6.63. The Morgan fingerprint density at radius 2 is 2.05 bits per heavy atom. The predicted octanol–water partition coefficient (Wildman–Crippen LogP) is 2.53. The molecule has 1 aromatic heterocycles. The van der Waals surface area contributed by atoms with E-state index in [1.807, 2.05) is 0 Å². The smallest absolute Gasteiger partial charge is 0.243 e. The quantitative estimate of drug-likeness (QED) is 0.943. The van der Waals surface area contributed by atoms with E-state index in [9.17, 15) is 0 Å². The maximum absolute atomic E-state index is 6.28. The van der Waals surface area contributed by atoms with Gasteiger partial charge in [-0.1, -0.05) is 29.4 Å². The molecule has 2 heterocycles. The van der Waals surface area contributed by atoms with Crippen molar-refractivity contribution in [2.75, 3.05) is 6.54 Å². The van der Waals surface area contributed by atoms with Gasteiger partial charge >= 0.3 is 0 Å². The van der Waals surface area contributed by atoms with Crippen molar-refractivity contribution < 1.29 is 4.52 Å². The highest BCUT2D eigenvalue weighted by Gasteiger charge is 2.39. The van der Waals surface area contributed by atoms with Gasteiger partial charge in [0.15, 0.2) is 5.82 Å². The molecule has 22 heavy (non-hydrogen) atoms. The molecule has 0 amide bonds. The van der Waals surface area contributed by atoms with Crippen molar-refractivity contribution >= 4 is 0 Å². The number of hydrogen-bond acceptors (Lipinski definition) is 5. The SMILES string of the molecule is CC(c1nc(C2(N)CCC2)no1)N1CCc2ccccc2C1. The third-order valence-corrected chi connectivity index (χ3v) is 5.20. The molecule has 0 radical (unpaired) electrons. The minimum atomic E-state index is -0.351. The molecule has 2 N–H and O–H groups in total. The average Bonchev–Trinajstić information content (AvgIpc) is 3.01. The molecule has 1 atom stereocenters. The van der Waals surface area contributed by atoms with E-state index in [1.165, 1.54) is 11.1 Å². The standard InChI is InChI=1S/C17H22N4O/c1-12(15-19-16(20-22-15)17(18)8-4-9-17)21-10-7-13-5-2-3-6-14(13)11-21/h2-3,5-6,12H,4,7-11,18H2,1H3. The summed E-state index contributed by atoms with van der Waals surface area (Å²) in [6.07, 6.45) is 4.13. The summed E-state index contributed by atoms with van der Waals surface area (Å²) in [5, 5.41) is 4.13. The maximum atomic E-state index is 6.28. The summed E-state index contributed by atoms with van der Waals surface area (Å²) in [4.78, 5) is 6.98. The Hall–Kier alpha value is -1.72. The van der Waals surface area contributed by atoms with E-state index in [-0.39, 0.29) is 11.6 Å². The van der Waals surface area contributed by atoms with Crippen molar-refractivity contribution in [3.63, 3.8) is 0 Å². The van der Waals surface area contributed by atoms with Gasteiger partial charge in [-0.15, -0.1) is 0 Å². The van der Waals surface area contributed by atoms with Gasteiger partial charge in [0.25, 0.3) is 0 Å². The van der Waals surface area contributed by atoms with Crippen LogP contribution in [0.25, 0.3) is 0 Å². The molecule has 1 saturated carbocycles. The number of benzene rings is 1. The molecule has 1 aliphatic carbocycles. The molecule has 1 fully saturated rings. The van der Waals surface area contributed by atoms with Crippen LogP contribution in [-0.2, 0) is 18.5 Å². The van der Waals surface area contributed by atoms with Crippen LogP contribution in [0.5, 0.6) is 0 Å². The predicted molar refractivity (Wildman–Crippen MR) is 83.0 cm³/mol. The molecule has 0 bridgehead atoms. The number of aromatic nitrogens is 2. The summed E-state index contributed by atoms with van der Waals surface area (Å²) >= 11 is 0. The van der Waals surface area contributed by atoms with Crippen molar-refractivity contribution in [3.8, 4) is 0 Å². The van der Waals surface area contributed by atoms with E-state index in [1.54, 1.807) is 0 Å². The first kappa shape index (κ1) is 13.9. The van der Waals surface area contributed by atoms with Crippen molar-refractivity contribution in [1.29, 1.82) is 0 Å². The number of nitrogens with two attached hydrogens (primary N) is 1. The van der Waals surface area contributed by atoms with E-state index in [0.717, 1.165) is 38.8 Å². The van der Waals surface area contributed by atoms with Crippen molar-refractivity contribution in [2.24, 2.45) is 5.73 Å². The molecule has 1 aromatic carbocycles. The van der Waals surface area contributed by atoms with E-state index in [4.69, 9.17) is 10.3 Å². The molecule has 5 nitrogen and oxygen atoms in total. The normalized spacial score (nSPS) is 21.9. The maximum Gasteiger partial charge on any atom is 0.243 e. The van der Waals surface area contributed by atoms with Crippen LogP contribution in [-0.4, -0.2) is 21.6 Å². The lowest BCUT2D eigenvalue weighted by Gasteiger charge is -2.34. The molecule has 0 spiro atoms. The molecule has 2 aromatic rings. The monoisotopic (exact) mass is 298 g/mol. The molecular weight excluding hydrogens is 276 g/mol. The Morgan fingerprint density at radius 1 is 1.27 bits per heavy atom. The Labute approximate surface area is 130 Å². The summed E-state index contributed by atoms with van der Waals surface area (Å²) < 4.78 is 5.51. The number of rotatable bonds is 3. The summed E-state index contributed by atoms with van der Waals surface area (Å²) in [6.45, 7) is 4.08. The van der Waals surface area contributed by atoms with Crippen molar-refractivity contribution in [3.05, 3.63) is 47.1 Å². The zero-order valence-electron chi connectivity index (χ0n) is 13.0. The van der Waals surface area contributed by atoms with Gasteiger partial charge in [0.05, 0.1) is 11.6 Å². The number of hydrogen-bond donors (Lipinski definition) is 1. The lowest BCUT2D eigenvalue weighted by atomic mass is 9.77. The second-order valence-corrected chi connectivity index (χ2v) is 6.63. The summed E-state index contributed by atoms with van der Waals surface area (Å²) in [6, 6.07) is 8.76. The van der Waals surface area contributed by atoms with Crippen LogP contribution < -0.4 is 5.73 Å². The van der Waals surface area contributed by atoms with Gasteiger partial charge in [-0.2, -0.15) is 4.98 Å². The highest BCUT2D eigenvalue weighted by Crippen LogP contribution is 2.37. The first-order valence-corrected chi connectivity index (χ1v) is 8.09. The number of nitrogens with zero attached hydrogens (tertiary/aromatic N) is 3. The Bertz CT molecular complexity index is 677. The van der Waals surface area contributed by atoms with Gasteiger partial charge in [0.2, 0.25) is 5.89 Å². The van der Waals surface area contributed by atoms with Gasteiger partial charge in [0.1, 0.15) is 0 Å². The molecule has 116 valence electrons. The third kappa shape index (κ3) is 2.25. The Kier molecular flexibility index (Phi) is 3.27. The lowest BCUT2D eigenvalue weighted by Crippen LogP contribution is -2.44. The van der Waals surface area contributed by atoms with Crippen molar-refractivity contribution in [2.45, 2.75) is 50.7 Å². The zero-order chi connectivity index (χ0) is 15.2. The first-order chi connectivity index (χ1) is 10.7. The van der Waals surface area contributed by atoms with Crippen LogP contribution in [0.1, 0.15) is 55.1 Å². The molecule has 0 saturated heterocycles. The number of fused-ring (bicyclic) bond motifs is 1. The Morgan fingerprint density at radius 3 is 2.77 bits per heavy atom. The van der Waals surface area contributed by atoms with Crippen LogP contribution in [0.4, 0.5) is 0 Å².